The molecule has 1 atom stereocenters. The fourth-order valence-electron chi connectivity index (χ4n) is 1.54. The number of nitro groups is 1. The SMILES string of the molecule is Cc1cc(O[C@H]2CNOC2)ccc1[N+](=O)[O-]. The Morgan fingerprint density at radius 3 is 3.00 bits per heavy atom. The van der Waals surface area contributed by atoms with E-state index in [1.807, 2.05) is 0 Å². The Labute approximate surface area is 92.3 Å². The maximum Gasteiger partial charge on any atom is 0.272 e. The van der Waals surface area contributed by atoms with E-state index in [-0.39, 0.29) is 11.8 Å². The fourth-order valence-corrected chi connectivity index (χ4v) is 1.54. The summed E-state index contributed by atoms with van der Waals surface area (Å²) < 4.78 is 5.58. The van der Waals surface area contributed by atoms with Crippen molar-refractivity contribution in [2.75, 3.05) is 13.2 Å². The Bertz CT molecular complexity index is 402. The Morgan fingerprint density at radius 2 is 2.44 bits per heavy atom. The zero-order valence-corrected chi connectivity index (χ0v) is 8.80. The van der Waals surface area contributed by atoms with Crippen LogP contribution in [0.5, 0.6) is 5.75 Å². The summed E-state index contributed by atoms with van der Waals surface area (Å²) in [6.07, 6.45) is -0.0409. The van der Waals surface area contributed by atoms with Crippen LogP contribution in [0.1, 0.15) is 5.56 Å². The van der Waals surface area contributed by atoms with E-state index in [4.69, 9.17) is 9.57 Å². The highest BCUT2D eigenvalue weighted by atomic mass is 16.7. The standard InChI is InChI=1S/C10H12N2O4/c1-7-4-8(2-3-10(7)12(13)14)16-9-5-11-15-6-9/h2-4,9,11H,5-6H2,1H3/t9-/m0/s1. The molecule has 0 radical (unpaired) electrons. The molecule has 0 aliphatic carbocycles. The molecular weight excluding hydrogens is 212 g/mol. The van der Waals surface area contributed by atoms with Gasteiger partial charge < -0.3 is 4.74 Å². The maximum absolute atomic E-state index is 10.6. The number of benzene rings is 1. The predicted octanol–water partition coefficient (Wildman–Crippen LogP) is 1.19. The lowest BCUT2D eigenvalue weighted by molar-refractivity contribution is -0.385. The molecule has 1 aromatic rings. The lowest BCUT2D eigenvalue weighted by Crippen LogP contribution is -2.21. The van der Waals surface area contributed by atoms with Gasteiger partial charge in [0.05, 0.1) is 11.5 Å². The number of rotatable bonds is 3. The second kappa shape index (κ2) is 4.46. The van der Waals surface area contributed by atoms with Crippen LogP contribution in [0.4, 0.5) is 5.69 Å². The summed E-state index contributed by atoms with van der Waals surface area (Å²) in [6, 6.07) is 4.72. The van der Waals surface area contributed by atoms with Crippen molar-refractivity contribution in [1.29, 1.82) is 0 Å². The molecule has 0 unspecified atom stereocenters. The third-order valence-corrected chi connectivity index (χ3v) is 2.35. The highest BCUT2D eigenvalue weighted by Gasteiger charge is 2.18. The summed E-state index contributed by atoms with van der Waals surface area (Å²) in [7, 11) is 0. The van der Waals surface area contributed by atoms with Crippen LogP contribution in [0.2, 0.25) is 0 Å². The molecule has 1 heterocycles. The quantitative estimate of drug-likeness (QED) is 0.616. The Morgan fingerprint density at radius 1 is 1.62 bits per heavy atom. The Balaban J connectivity index is 2.11. The van der Waals surface area contributed by atoms with Crippen LogP contribution in [0.3, 0.4) is 0 Å². The first kappa shape index (κ1) is 10.8. The molecule has 86 valence electrons. The molecule has 1 aliphatic heterocycles. The summed E-state index contributed by atoms with van der Waals surface area (Å²) in [6.45, 7) is 2.79. The van der Waals surface area contributed by atoms with E-state index in [2.05, 4.69) is 5.48 Å². The van der Waals surface area contributed by atoms with Gasteiger partial charge in [0.15, 0.2) is 0 Å². The topological polar surface area (TPSA) is 73.6 Å². The van der Waals surface area contributed by atoms with Crippen molar-refractivity contribution >= 4 is 5.69 Å². The molecule has 0 aromatic heterocycles. The van der Waals surface area contributed by atoms with Crippen molar-refractivity contribution in [2.45, 2.75) is 13.0 Å². The van der Waals surface area contributed by atoms with Crippen LogP contribution < -0.4 is 10.2 Å². The second-order valence-corrected chi connectivity index (χ2v) is 3.60. The van der Waals surface area contributed by atoms with E-state index in [1.54, 1.807) is 19.1 Å². The molecule has 16 heavy (non-hydrogen) atoms. The average molecular weight is 224 g/mol. The minimum absolute atomic E-state index is 0.0409. The van der Waals surface area contributed by atoms with Crippen LogP contribution in [0.25, 0.3) is 0 Å². The fraction of sp³-hybridized carbons (Fsp3) is 0.400. The molecule has 6 heteroatoms. The Hall–Kier alpha value is -1.66. The van der Waals surface area contributed by atoms with Crippen molar-refractivity contribution < 1.29 is 14.5 Å². The number of nitrogens with zero attached hydrogens (tertiary/aromatic N) is 1. The lowest BCUT2D eigenvalue weighted by Gasteiger charge is -2.11. The molecule has 0 amide bonds. The van der Waals surface area contributed by atoms with Gasteiger partial charge in [0, 0.05) is 11.6 Å². The number of nitro benzene ring substituents is 1. The monoisotopic (exact) mass is 224 g/mol. The molecule has 0 spiro atoms. The molecule has 0 saturated carbocycles. The molecule has 0 bridgehead atoms. The first-order valence-electron chi connectivity index (χ1n) is 4.93. The van der Waals surface area contributed by atoms with Crippen LogP contribution >= 0.6 is 0 Å². The summed E-state index contributed by atoms with van der Waals surface area (Å²) in [5.41, 5.74) is 3.40. The highest BCUT2D eigenvalue weighted by Crippen LogP contribution is 2.23. The number of nitrogens with one attached hydrogen (secondary N) is 1. The number of hydrogen-bond donors (Lipinski definition) is 1. The smallest absolute Gasteiger partial charge is 0.272 e. The highest BCUT2D eigenvalue weighted by molar-refractivity contribution is 5.44. The van der Waals surface area contributed by atoms with Gasteiger partial charge in [-0.3, -0.25) is 15.0 Å². The number of hydroxylamine groups is 1. The van der Waals surface area contributed by atoms with Crippen LogP contribution in [0, 0.1) is 17.0 Å². The molecule has 2 rings (SSSR count). The largest absolute Gasteiger partial charge is 0.486 e. The van der Waals surface area contributed by atoms with Gasteiger partial charge in [0.25, 0.3) is 5.69 Å². The summed E-state index contributed by atoms with van der Waals surface area (Å²) >= 11 is 0. The summed E-state index contributed by atoms with van der Waals surface area (Å²) in [5.74, 6) is 0.625. The van der Waals surface area contributed by atoms with Crippen molar-refractivity contribution in [3.63, 3.8) is 0 Å². The third-order valence-electron chi connectivity index (χ3n) is 2.35. The van der Waals surface area contributed by atoms with E-state index in [0.717, 1.165) is 0 Å². The van der Waals surface area contributed by atoms with E-state index in [9.17, 15) is 10.1 Å². The van der Waals surface area contributed by atoms with Crippen LogP contribution in [0.15, 0.2) is 18.2 Å². The minimum atomic E-state index is -0.403. The molecule has 6 nitrogen and oxygen atoms in total. The van der Waals surface area contributed by atoms with E-state index in [0.29, 0.717) is 24.5 Å². The second-order valence-electron chi connectivity index (χ2n) is 3.60. The molecular formula is C10H12N2O4. The van der Waals surface area contributed by atoms with Crippen molar-refractivity contribution in [3.05, 3.63) is 33.9 Å². The van der Waals surface area contributed by atoms with Gasteiger partial charge in [-0.1, -0.05) is 0 Å². The maximum atomic E-state index is 10.6. The van der Waals surface area contributed by atoms with Gasteiger partial charge in [-0.2, -0.15) is 5.48 Å². The third kappa shape index (κ3) is 2.29. The van der Waals surface area contributed by atoms with Gasteiger partial charge in [-0.05, 0) is 19.1 Å². The first-order valence-corrected chi connectivity index (χ1v) is 4.93. The Kier molecular flexibility index (Phi) is 3.02. The molecule has 1 N–H and O–H groups in total. The van der Waals surface area contributed by atoms with E-state index >= 15 is 0 Å². The molecule has 1 fully saturated rings. The summed E-state index contributed by atoms with van der Waals surface area (Å²) in [4.78, 5) is 15.1. The van der Waals surface area contributed by atoms with Gasteiger partial charge in [-0.25, -0.2) is 0 Å². The number of aryl methyl sites for hydroxylation is 1. The van der Waals surface area contributed by atoms with Gasteiger partial charge >= 0.3 is 0 Å². The van der Waals surface area contributed by atoms with Gasteiger partial charge in [0.2, 0.25) is 0 Å². The average Bonchev–Trinajstić information content (AvgIpc) is 2.70. The first-order chi connectivity index (χ1) is 7.66. The van der Waals surface area contributed by atoms with Crippen molar-refractivity contribution in [3.8, 4) is 5.75 Å². The van der Waals surface area contributed by atoms with Crippen LogP contribution in [-0.2, 0) is 4.84 Å². The molecule has 1 saturated heterocycles. The van der Waals surface area contributed by atoms with Gasteiger partial charge in [0.1, 0.15) is 18.5 Å². The van der Waals surface area contributed by atoms with E-state index in [1.165, 1.54) is 6.07 Å². The van der Waals surface area contributed by atoms with Crippen LogP contribution in [-0.4, -0.2) is 24.2 Å². The number of ether oxygens (including phenoxy) is 1. The normalized spacial score (nSPS) is 19.7. The van der Waals surface area contributed by atoms with E-state index < -0.39 is 4.92 Å². The zero-order valence-electron chi connectivity index (χ0n) is 8.80. The van der Waals surface area contributed by atoms with Gasteiger partial charge in [-0.15, -0.1) is 0 Å². The summed E-state index contributed by atoms with van der Waals surface area (Å²) in [5, 5.41) is 10.6. The zero-order chi connectivity index (χ0) is 11.5. The van der Waals surface area contributed by atoms with Crippen molar-refractivity contribution in [1.82, 2.24) is 5.48 Å². The molecule has 1 aliphatic rings. The van der Waals surface area contributed by atoms with Crippen molar-refractivity contribution in [2.24, 2.45) is 0 Å². The number of hydrogen-bond acceptors (Lipinski definition) is 5. The molecule has 1 aromatic carbocycles. The minimum Gasteiger partial charge on any atom is -0.486 e. The lowest BCUT2D eigenvalue weighted by atomic mass is 10.2. The predicted molar refractivity (Wildman–Crippen MR) is 56.2 cm³/mol.